The molecule has 2 aromatic carbocycles. The lowest BCUT2D eigenvalue weighted by Gasteiger charge is -2.20. The smallest absolute Gasteiger partial charge is 0.234 e. The number of aromatic nitrogens is 3. The van der Waals surface area contributed by atoms with Gasteiger partial charge in [-0.05, 0) is 82.4 Å². The Labute approximate surface area is 204 Å². The standard InChI is InChI=1S/C24H29ClN6OS/c1-17(29(2)3)23-27-28-24(31(23)21-10-6-18(25)7-11-21)33-16-22(32)26-19-8-12-20(13-9-19)30-14-4-5-15-30/h6-13,17H,4-5,14-16H2,1-3H3,(H,26,32). The quantitative estimate of drug-likeness (QED) is 0.460. The van der Waals surface area contributed by atoms with E-state index < -0.39 is 0 Å². The number of carbonyl (C=O) groups is 1. The summed E-state index contributed by atoms with van der Waals surface area (Å²) in [5.74, 6) is 0.958. The summed E-state index contributed by atoms with van der Waals surface area (Å²) < 4.78 is 1.99. The van der Waals surface area contributed by atoms with Crippen LogP contribution in [0, 0.1) is 0 Å². The predicted molar refractivity (Wildman–Crippen MR) is 136 cm³/mol. The number of carbonyl (C=O) groups excluding carboxylic acids is 1. The van der Waals surface area contributed by atoms with E-state index in [0.29, 0.717) is 10.2 Å². The predicted octanol–water partition coefficient (Wildman–Crippen LogP) is 4.87. The van der Waals surface area contributed by atoms with Crippen molar-refractivity contribution < 1.29 is 4.79 Å². The van der Waals surface area contributed by atoms with Crippen molar-refractivity contribution in [1.82, 2.24) is 19.7 Å². The van der Waals surface area contributed by atoms with Crippen molar-refractivity contribution >= 4 is 40.6 Å². The maximum Gasteiger partial charge on any atom is 0.234 e. The molecule has 33 heavy (non-hydrogen) atoms. The SMILES string of the molecule is CC(c1nnc(SCC(=O)Nc2ccc(N3CCCC3)cc2)n1-c1ccc(Cl)cc1)N(C)C. The lowest BCUT2D eigenvalue weighted by Crippen LogP contribution is -2.21. The van der Waals surface area contributed by atoms with Gasteiger partial charge in [0.05, 0.1) is 11.8 Å². The largest absolute Gasteiger partial charge is 0.372 e. The number of amides is 1. The van der Waals surface area contributed by atoms with E-state index in [9.17, 15) is 4.79 Å². The summed E-state index contributed by atoms with van der Waals surface area (Å²) in [6, 6.07) is 15.7. The second-order valence-electron chi connectivity index (χ2n) is 8.37. The number of thioether (sulfide) groups is 1. The van der Waals surface area contributed by atoms with Crippen LogP contribution in [0.25, 0.3) is 5.69 Å². The third kappa shape index (κ3) is 5.69. The minimum absolute atomic E-state index is 0.0467. The number of nitrogens with one attached hydrogen (secondary N) is 1. The summed E-state index contributed by atoms with van der Waals surface area (Å²) in [7, 11) is 4.00. The van der Waals surface area contributed by atoms with E-state index in [1.54, 1.807) is 0 Å². The topological polar surface area (TPSA) is 66.3 Å². The minimum atomic E-state index is -0.0817. The third-order valence-electron chi connectivity index (χ3n) is 5.85. The summed E-state index contributed by atoms with van der Waals surface area (Å²) in [4.78, 5) is 17.1. The molecule has 1 N–H and O–H groups in total. The first-order valence-corrected chi connectivity index (χ1v) is 12.4. The monoisotopic (exact) mass is 484 g/mol. The van der Waals surface area contributed by atoms with Crippen LogP contribution in [-0.2, 0) is 4.79 Å². The molecule has 0 spiro atoms. The molecule has 0 aliphatic carbocycles. The highest BCUT2D eigenvalue weighted by atomic mass is 35.5. The summed E-state index contributed by atoms with van der Waals surface area (Å²) >= 11 is 7.45. The van der Waals surface area contributed by atoms with E-state index in [0.717, 1.165) is 30.3 Å². The van der Waals surface area contributed by atoms with Gasteiger partial charge in [0.1, 0.15) is 0 Å². The number of rotatable bonds is 8. The molecule has 0 saturated carbocycles. The Morgan fingerprint density at radius 2 is 1.70 bits per heavy atom. The zero-order valence-corrected chi connectivity index (χ0v) is 20.7. The molecule has 1 saturated heterocycles. The van der Waals surface area contributed by atoms with E-state index in [4.69, 9.17) is 11.6 Å². The molecule has 1 unspecified atom stereocenters. The minimum Gasteiger partial charge on any atom is -0.372 e. The first-order chi connectivity index (χ1) is 15.9. The number of halogens is 1. The Bertz CT molecular complexity index is 1080. The molecular weight excluding hydrogens is 456 g/mol. The van der Waals surface area contributed by atoms with E-state index in [1.165, 1.54) is 30.3 Å². The second-order valence-corrected chi connectivity index (χ2v) is 9.75. The molecule has 174 valence electrons. The van der Waals surface area contributed by atoms with E-state index >= 15 is 0 Å². The van der Waals surface area contributed by atoms with Gasteiger partial charge in [-0.25, -0.2) is 0 Å². The molecule has 1 aliphatic heterocycles. The van der Waals surface area contributed by atoms with E-state index in [-0.39, 0.29) is 17.7 Å². The number of benzene rings is 2. The fourth-order valence-corrected chi connectivity index (χ4v) is 4.65. The average Bonchev–Trinajstić information content (AvgIpc) is 3.49. The van der Waals surface area contributed by atoms with Crippen LogP contribution in [0.2, 0.25) is 5.02 Å². The van der Waals surface area contributed by atoms with Crippen LogP contribution in [0.5, 0.6) is 0 Å². The van der Waals surface area contributed by atoms with E-state index in [1.807, 2.05) is 55.1 Å². The van der Waals surface area contributed by atoms with Crippen molar-refractivity contribution in [2.45, 2.75) is 31.0 Å². The molecule has 9 heteroatoms. The first kappa shape index (κ1) is 23.6. The molecule has 1 amide bonds. The van der Waals surface area contributed by atoms with Crippen molar-refractivity contribution in [1.29, 1.82) is 0 Å². The van der Waals surface area contributed by atoms with Crippen molar-refractivity contribution in [3.63, 3.8) is 0 Å². The van der Waals surface area contributed by atoms with Gasteiger partial charge in [-0.2, -0.15) is 0 Å². The Morgan fingerprint density at radius 3 is 2.33 bits per heavy atom. The van der Waals surface area contributed by atoms with Crippen LogP contribution in [0.1, 0.15) is 31.6 Å². The van der Waals surface area contributed by atoms with Crippen LogP contribution >= 0.6 is 23.4 Å². The molecule has 0 bridgehead atoms. The van der Waals surface area contributed by atoms with Gasteiger partial charge in [0.15, 0.2) is 11.0 Å². The van der Waals surface area contributed by atoms with E-state index in [2.05, 4.69) is 44.4 Å². The van der Waals surface area contributed by atoms with Crippen molar-refractivity contribution in [3.05, 3.63) is 59.4 Å². The summed E-state index contributed by atoms with van der Waals surface area (Å²) in [5, 5.41) is 13.1. The van der Waals surface area contributed by atoms with Gasteiger partial charge in [-0.15, -0.1) is 10.2 Å². The zero-order chi connectivity index (χ0) is 23.4. The maximum absolute atomic E-state index is 12.6. The van der Waals surface area contributed by atoms with Gasteiger partial charge in [-0.1, -0.05) is 23.4 Å². The molecule has 4 rings (SSSR count). The number of hydrogen-bond acceptors (Lipinski definition) is 6. The Morgan fingerprint density at radius 1 is 1.06 bits per heavy atom. The highest BCUT2D eigenvalue weighted by Crippen LogP contribution is 2.28. The molecule has 3 aromatic rings. The molecule has 2 heterocycles. The third-order valence-corrected chi connectivity index (χ3v) is 7.03. The molecule has 1 fully saturated rings. The van der Waals surface area contributed by atoms with Crippen molar-refractivity contribution in [2.24, 2.45) is 0 Å². The molecule has 0 radical (unpaired) electrons. The Balaban J connectivity index is 1.45. The number of nitrogens with zero attached hydrogens (tertiary/aromatic N) is 5. The van der Waals surface area contributed by atoms with Crippen LogP contribution in [-0.4, -0.2) is 58.5 Å². The maximum atomic E-state index is 12.6. The number of anilines is 2. The molecule has 1 aliphatic rings. The lowest BCUT2D eigenvalue weighted by molar-refractivity contribution is -0.113. The average molecular weight is 485 g/mol. The second kappa shape index (κ2) is 10.6. The highest BCUT2D eigenvalue weighted by Gasteiger charge is 2.21. The summed E-state index contributed by atoms with van der Waals surface area (Å²) in [6.45, 7) is 4.28. The fraction of sp³-hybridized carbons (Fsp3) is 0.375. The summed E-state index contributed by atoms with van der Waals surface area (Å²) in [6.07, 6.45) is 2.48. The van der Waals surface area contributed by atoms with Crippen LogP contribution in [0.15, 0.2) is 53.7 Å². The van der Waals surface area contributed by atoms with Crippen molar-refractivity contribution in [2.75, 3.05) is 43.2 Å². The van der Waals surface area contributed by atoms with Crippen molar-refractivity contribution in [3.8, 4) is 5.69 Å². The summed E-state index contributed by atoms with van der Waals surface area (Å²) in [5.41, 5.74) is 2.91. The fourth-order valence-electron chi connectivity index (χ4n) is 3.77. The Kier molecular flexibility index (Phi) is 7.57. The normalized spacial score (nSPS) is 14.6. The first-order valence-electron chi connectivity index (χ1n) is 11.1. The van der Waals surface area contributed by atoms with Gasteiger partial charge < -0.3 is 10.2 Å². The highest BCUT2D eigenvalue weighted by molar-refractivity contribution is 7.99. The van der Waals surface area contributed by atoms with Gasteiger partial charge >= 0.3 is 0 Å². The van der Waals surface area contributed by atoms with Gasteiger partial charge in [0.2, 0.25) is 5.91 Å². The molecular formula is C24H29ClN6OS. The van der Waals surface area contributed by atoms with Crippen LogP contribution < -0.4 is 10.2 Å². The molecule has 7 nitrogen and oxygen atoms in total. The molecule has 1 aromatic heterocycles. The van der Waals surface area contributed by atoms with Crippen LogP contribution in [0.3, 0.4) is 0 Å². The Hall–Kier alpha value is -2.55. The van der Waals surface area contributed by atoms with Gasteiger partial charge in [-0.3, -0.25) is 14.3 Å². The molecule has 1 atom stereocenters. The van der Waals surface area contributed by atoms with Gasteiger partial charge in [0.25, 0.3) is 0 Å². The van der Waals surface area contributed by atoms with Crippen LogP contribution in [0.4, 0.5) is 11.4 Å². The number of hydrogen-bond donors (Lipinski definition) is 1. The van der Waals surface area contributed by atoms with Gasteiger partial charge in [0, 0.05) is 35.2 Å². The lowest BCUT2D eigenvalue weighted by atomic mass is 10.2. The zero-order valence-electron chi connectivity index (χ0n) is 19.2.